The molecule has 1 saturated heterocycles. The fourth-order valence-corrected chi connectivity index (χ4v) is 5.92. The molecule has 4 unspecified atom stereocenters. The smallest absolute Gasteiger partial charge is 0.321 e. The van der Waals surface area contributed by atoms with E-state index in [4.69, 9.17) is 23.2 Å². The van der Waals surface area contributed by atoms with Crippen LogP contribution in [0.4, 0.5) is 4.39 Å². The molecule has 2 aromatic rings. The van der Waals surface area contributed by atoms with Crippen LogP contribution in [0.3, 0.4) is 0 Å². The molecule has 3 nitrogen and oxygen atoms in total. The van der Waals surface area contributed by atoms with Crippen molar-refractivity contribution < 1.29 is 14.3 Å². The van der Waals surface area contributed by atoms with Crippen LogP contribution in [0.5, 0.6) is 0 Å². The fraction of sp³-hybridized carbons (Fsp3) is 0.458. The summed E-state index contributed by atoms with van der Waals surface area (Å²) in [7, 11) is 0. The summed E-state index contributed by atoms with van der Waals surface area (Å²) in [6, 6.07) is 11.0. The molecule has 1 aliphatic heterocycles. The second kappa shape index (κ2) is 8.49. The van der Waals surface area contributed by atoms with Gasteiger partial charge in [-0.1, -0.05) is 61.2 Å². The lowest BCUT2D eigenvalue weighted by Gasteiger charge is -2.32. The molecule has 0 spiro atoms. The highest BCUT2D eigenvalue weighted by Gasteiger charge is 2.50. The van der Waals surface area contributed by atoms with Gasteiger partial charge >= 0.3 is 5.97 Å². The highest BCUT2D eigenvalue weighted by Crippen LogP contribution is 2.50. The van der Waals surface area contributed by atoms with Crippen LogP contribution >= 0.6 is 23.2 Å². The number of carbonyl (C=O) groups is 1. The van der Waals surface area contributed by atoms with E-state index in [0.717, 1.165) is 24.8 Å². The third-order valence-corrected chi connectivity index (χ3v) is 7.39. The summed E-state index contributed by atoms with van der Waals surface area (Å²) >= 11 is 12.2. The minimum absolute atomic E-state index is 0.130. The van der Waals surface area contributed by atoms with Gasteiger partial charge in [0.15, 0.2) is 0 Å². The van der Waals surface area contributed by atoms with Gasteiger partial charge in [-0.05, 0) is 60.1 Å². The molecule has 2 N–H and O–H groups in total. The molecule has 160 valence electrons. The molecule has 2 aliphatic rings. The van der Waals surface area contributed by atoms with Crippen molar-refractivity contribution in [3.8, 4) is 0 Å². The van der Waals surface area contributed by atoms with Crippen molar-refractivity contribution in [2.24, 2.45) is 5.41 Å². The SMILES string of the molecule is CC1(CC2NC(C(=O)O)C(c3cccc(Cl)c3)C2c2ccc(Cl)cc2F)CCCC1. The maximum absolute atomic E-state index is 15.1. The Morgan fingerprint density at radius 3 is 2.47 bits per heavy atom. The van der Waals surface area contributed by atoms with Crippen molar-refractivity contribution >= 4 is 29.2 Å². The Bertz CT molecular complexity index is 945. The van der Waals surface area contributed by atoms with Crippen molar-refractivity contribution in [3.05, 3.63) is 69.5 Å². The van der Waals surface area contributed by atoms with Crippen molar-refractivity contribution in [1.82, 2.24) is 5.32 Å². The van der Waals surface area contributed by atoms with E-state index in [9.17, 15) is 9.90 Å². The van der Waals surface area contributed by atoms with Gasteiger partial charge in [0, 0.05) is 27.9 Å². The average Bonchev–Trinajstić information content (AvgIpc) is 3.26. The first kappa shape index (κ1) is 21.6. The lowest BCUT2D eigenvalue weighted by Crippen LogP contribution is -2.39. The van der Waals surface area contributed by atoms with Gasteiger partial charge in [-0.2, -0.15) is 0 Å². The lowest BCUT2D eigenvalue weighted by atomic mass is 9.72. The Labute approximate surface area is 186 Å². The predicted molar refractivity (Wildman–Crippen MR) is 118 cm³/mol. The normalized spacial score (nSPS) is 28.0. The van der Waals surface area contributed by atoms with Crippen LogP contribution in [0.25, 0.3) is 0 Å². The second-order valence-electron chi connectivity index (χ2n) is 9.08. The first-order chi connectivity index (χ1) is 14.3. The maximum Gasteiger partial charge on any atom is 0.321 e. The number of halogens is 3. The monoisotopic (exact) mass is 449 g/mol. The Morgan fingerprint density at radius 2 is 1.83 bits per heavy atom. The number of hydrogen-bond acceptors (Lipinski definition) is 2. The van der Waals surface area contributed by atoms with Gasteiger partial charge in [-0.25, -0.2) is 4.39 Å². The second-order valence-corrected chi connectivity index (χ2v) is 9.96. The summed E-state index contributed by atoms with van der Waals surface area (Å²) in [4.78, 5) is 12.2. The Kier molecular flexibility index (Phi) is 6.11. The fourth-order valence-electron chi connectivity index (χ4n) is 5.57. The number of carboxylic acid groups (broad SMARTS) is 1. The van der Waals surface area contributed by atoms with Gasteiger partial charge in [0.1, 0.15) is 11.9 Å². The summed E-state index contributed by atoms with van der Waals surface area (Å²) in [6.45, 7) is 2.26. The third-order valence-electron chi connectivity index (χ3n) is 6.92. The molecule has 4 rings (SSSR count). The number of nitrogens with one attached hydrogen (secondary N) is 1. The van der Waals surface area contributed by atoms with E-state index < -0.39 is 23.7 Å². The lowest BCUT2D eigenvalue weighted by molar-refractivity contribution is -0.139. The summed E-state index contributed by atoms with van der Waals surface area (Å²) in [5.41, 5.74) is 1.44. The summed E-state index contributed by atoms with van der Waals surface area (Å²) in [5.74, 6) is -2.10. The molecule has 1 heterocycles. The highest BCUT2D eigenvalue weighted by atomic mass is 35.5. The topological polar surface area (TPSA) is 49.3 Å². The van der Waals surface area contributed by atoms with Crippen LogP contribution in [0.15, 0.2) is 42.5 Å². The van der Waals surface area contributed by atoms with E-state index in [-0.39, 0.29) is 17.4 Å². The van der Waals surface area contributed by atoms with Crippen molar-refractivity contribution in [1.29, 1.82) is 0 Å². The van der Waals surface area contributed by atoms with Gasteiger partial charge < -0.3 is 10.4 Å². The molecule has 2 fully saturated rings. The van der Waals surface area contributed by atoms with Crippen molar-refractivity contribution in [3.63, 3.8) is 0 Å². The Balaban J connectivity index is 1.82. The molecule has 2 aromatic carbocycles. The zero-order valence-corrected chi connectivity index (χ0v) is 18.4. The van der Waals surface area contributed by atoms with E-state index in [1.807, 2.05) is 12.1 Å². The minimum Gasteiger partial charge on any atom is -0.480 e. The number of rotatable bonds is 5. The van der Waals surface area contributed by atoms with Gasteiger partial charge in [0.05, 0.1) is 0 Å². The molecule has 0 bridgehead atoms. The van der Waals surface area contributed by atoms with E-state index in [2.05, 4.69) is 12.2 Å². The summed E-state index contributed by atoms with van der Waals surface area (Å²) in [5, 5.41) is 14.3. The largest absolute Gasteiger partial charge is 0.480 e. The molecule has 4 atom stereocenters. The average molecular weight is 450 g/mol. The van der Waals surface area contributed by atoms with Crippen LogP contribution in [-0.2, 0) is 4.79 Å². The van der Waals surface area contributed by atoms with E-state index in [1.54, 1.807) is 24.3 Å². The van der Waals surface area contributed by atoms with Gasteiger partial charge in [-0.3, -0.25) is 4.79 Å². The van der Waals surface area contributed by atoms with Crippen LogP contribution in [-0.4, -0.2) is 23.2 Å². The highest BCUT2D eigenvalue weighted by molar-refractivity contribution is 6.30. The zero-order chi connectivity index (χ0) is 21.5. The zero-order valence-electron chi connectivity index (χ0n) is 16.9. The molecular weight excluding hydrogens is 424 g/mol. The molecule has 0 amide bonds. The van der Waals surface area contributed by atoms with Crippen LogP contribution < -0.4 is 5.32 Å². The molecular formula is C24H26Cl2FNO2. The molecule has 30 heavy (non-hydrogen) atoms. The molecule has 1 aliphatic carbocycles. The quantitative estimate of drug-likeness (QED) is 0.555. The Hall–Kier alpha value is -1.62. The van der Waals surface area contributed by atoms with Gasteiger partial charge in [0.2, 0.25) is 0 Å². The third kappa shape index (κ3) is 4.23. The van der Waals surface area contributed by atoms with Crippen molar-refractivity contribution in [2.75, 3.05) is 0 Å². The molecule has 0 radical (unpaired) electrons. The molecule has 0 aromatic heterocycles. The number of carboxylic acids is 1. The first-order valence-electron chi connectivity index (χ1n) is 10.5. The minimum atomic E-state index is -0.932. The number of benzene rings is 2. The van der Waals surface area contributed by atoms with E-state index >= 15 is 4.39 Å². The van der Waals surface area contributed by atoms with Crippen LogP contribution in [0.2, 0.25) is 10.0 Å². The number of hydrogen-bond donors (Lipinski definition) is 2. The standard InChI is InChI=1S/C24H26Cl2FNO2/c1-24(9-2-3-10-24)13-19-21(17-8-7-16(26)12-18(17)27)20(22(28-19)23(29)30)14-5-4-6-15(25)11-14/h4-8,11-12,19-22,28H,2-3,9-10,13H2,1H3,(H,29,30). The molecule has 1 saturated carbocycles. The predicted octanol–water partition coefficient (Wildman–Crippen LogP) is 6.40. The summed E-state index contributed by atoms with van der Waals surface area (Å²) in [6.07, 6.45) is 5.40. The first-order valence-corrected chi connectivity index (χ1v) is 11.2. The van der Waals surface area contributed by atoms with E-state index in [1.165, 1.54) is 18.9 Å². The van der Waals surface area contributed by atoms with Crippen LogP contribution in [0.1, 0.15) is 62.0 Å². The molecule has 6 heteroatoms. The maximum atomic E-state index is 15.1. The van der Waals surface area contributed by atoms with Crippen molar-refractivity contribution in [2.45, 2.75) is 62.9 Å². The Morgan fingerprint density at radius 1 is 1.13 bits per heavy atom. The van der Waals surface area contributed by atoms with E-state index in [0.29, 0.717) is 15.6 Å². The van der Waals surface area contributed by atoms with Crippen LogP contribution in [0, 0.1) is 11.2 Å². The van der Waals surface area contributed by atoms with Gasteiger partial charge in [0.25, 0.3) is 0 Å². The van der Waals surface area contributed by atoms with Gasteiger partial charge in [-0.15, -0.1) is 0 Å². The summed E-state index contributed by atoms with van der Waals surface area (Å²) < 4.78 is 15.1. The number of aliphatic carboxylic acids is 1.